The number of rotatable bonds is 6. The van der Waals surface area contributed by atoms with Gasteiger partial charge in [0, 0.05) is 0 Å². The summed E-state index contributed by atoms with van der Waals surface area (Å²) in [6.45, 7) is 1.53. The van der Waals surface area contributed by atoms with E-state index in [1.54, 1.807) is 12.1 Å². The number of hydrogen-bond acceptors (Lipinski definition) is 5. The molecular formula is C13H18N2O5. The molecule has 0 bridgehead atoms. The van der Waals surface area contributed by atoms with Crippen LogP contribution in [0.1, 0.15) is 12.5 Å². The standard InChI is InChI=1S/C13H18N2O5/c1-8(11(16)10(14)12(17)18)15-13(19)20-7-9-5-3-2-4-6-9/h2-6,8,10-11,16H,7,14H2,1H3,(H,15,19)(H,17,18)/t8-,10+,11-/m0/s1. The zero-order valence-corrected chi connectivity index (χ0v) is 11.0. The van der Waals surface area contributed by atoms with Gasteiger partial charge in [-0.2, -0.15) is 0 Å². The zero-order chi connectivity index (χ0) is 15.1. The van der Waals surface area contributed by atoms with Crippen LogP contribution >= 0.6 is 0 Å². The number of hydrogen-bond donors (Lipinski definition) is 4. The van der Waals surface area contributed by atoms with Gasteiger partial charge >= 0.3 is 12.1 Å². The molecule has 7 heteroatoms. The molecule has 5 N–H and O–H groups in total. The van der Waals surface area contributed by atoms with Crippen LogP contribution in [0.3, 0.4) is 0 Å². The highest BCUT2D eigenvalue weighted by molar-refractivity contribution is 5.74. The second-order valence-corrected chi connectivity index (χ2v) is 4.35. The minimum absolute atomic E-state index is 0.0838. The predicted octanol–water partition coefficient (Wildman–Crippen LogP) is 0.0741. The van der Waals surface area contributed by atoms with Crippen molar-refractivity contribution < 1.29 is 24.5 Å². The Bertz CT molecular complexity index is 451. The maximum absolute atomic E-state index is 11.5. The Morgan fingerprint density at radius 1 is 1.35 bits per heavy atom. The molecule has 0 aromatic heterocycles. The summed E-state index contributed by atoms with van der Waals surface area (Å²) < 4.78 is 4.94. The molecule has 20 heavy (non-hydrogen) atoms. The Morgan fingerprint density at radius 2 is 1.95 bits per heavy atom. The van der Waals surface area contributed by atoms with E-state index >= 15 is 0 Å². The fourth-order valence-electron chi connectivity index (χ4n) is 1.49. The summed E-state index contributed by atoms with van der Waals surface area (Å²) in [7, 11) is 0. The van der Waals surface area contributed by atoms with Crippen LogP contribution in [0.25, 0.3) is 0 Å². The first-order valence-corrected chi connectivity index (χ1v) is 6.05. The van der Waals surface area contributed by atoms with Crippen molar-refractivity contribution in [3.05, 3.63) is 35.9 Å². The predicted molar refractivity (Wildman–Crippen MR) is 70.8 cm³/mol. The van der Waals surface area contributed by atoms with E-state index in [1.807, 2.05) is 18.2 Å². The summed E-state index contributed by atoms with van der Waals surface area (Å²) in [5, 5.41) is 20.6. The van der Waals surface area contributed by atoms with E-state index in [1.165, 1.54) is 6.92 Å². The minimum Gasteiger partial charge on any atom is -0.480 e. The number of alkyl carbamates (subject to hydrolysis) is 1. The summed E-state index contributed by atoms with van der Waals surface area (Å²) >= 11 is 0. The van der Waals surface area contributed by atoms with Gasteiger partial charge in [-0.15, -0.1) is 0 Å². The Morgan fingerprint density at radius 3 is 2.50 bits per heavy atom. The van der Waals surface area contributed by atoms with E-state index in [9.17, 15) is 14.7 Å². The maximum Gasteiger partial charge on any atom is 0.407 e. The van der Waals surface area contributed by atoms with Gasteiger partial charge in [0.2, 0.25) is 0 Å². The molecule has 1 aromatic rings. The summed E-state index contributed by atoms with van der Waals surface area (Å²) in [6, 6.07) is 6.75. The topological polar surface area (TPSA) is 122 Å². The van der Waals surface area contributed by atoms with Crippen molar-refractivity contribution in [1.82, 2.24) is 5.32 Å². The highest BCUT2D eigenvalue weighted by Gasteiger charge is 2.28. The molecule has 0 spiro atoms. The quantitative estimate of drug-likeness (QED) is 0.586. The Hall–Kier alpha value is -2.12. The maximum atomic E-state index is 11.5. The lowest BCUT2D eigenvalue weighted by atomic mass is 10.1. The third-order valence-corrected chi connectivity index (χ3v) is 2.72. The molecule has 110 valence electrons. The van der Waals surface area contributed by atoms with E-state index in [0.717, 1.165) is 5.56 Å². The molecule has 0 saturated heterocycles. The molecule has 1 aromatic carbocycles. The number of aliphatic hydroxyl groups excluding tert-OH is 1. The van der Waals surface area contributed by atoms with Crippen molar-refractivity contribution >= 4 is 12.1 Å². The normalized spacial score (nSPS) is 14.9. The second-order valence-electron chi connectivity index (χ2n) is 4.35. The van der Waals surface area contributed by atoms with Crippen LogP contribution in [0.2, 0.25) is 0 Å². The smallest absolute Gasteiger partial charge is 0.407 e. The SMILES string of the molecule is C[C@H](NC(=O)OCc1ccccc1)[C@H](O)[C@@H](N)C(=O)O. The Kier molecular flexibility index (Phi) is 5.95. The first kappa shape index (κ1) is 15.9. The van der Waals surface area contributed by atoms with Crippen molar-refractivity contribution in [2.45, 2.75) is 31.7 Å². The molecule has 0 aliphatic carbocycles. The second kappa shape index (κ2) is 7.46. The number of benzene rings is 1. The van der Waals surface area contributed by atoms with Crippen LogP contribution in [-0.2, 0) is 16.1 Å². The Balaban J connectivity index is 2.40. The number of nitrogens with two attached hydrogens (primary N) is 1. The number of carbonyl (C=O) groups is 2. The van der Waals surface area contributed by atoms with E-state index in [0.29, 0.717) is 0 Å². The third-order valence-electron chi connectivity index (χ3n) is 2.72. The van der Waals surface area contributed by atoms with Gasteiger partial charge in [0.05, 0.1) is 12.1 Å². The van der Waals surface area contributed by atoms with Crippen molar-refractivity contribution in [2.75, 3.05) is 0 Å². The van der Waals surface area contributed by atoms with Gasteiger partial charge in [0.1, 0.15) is 12.6 Å². The van der Waals surface area contributed by atoms with Gasteiger partial charge < -0.3 is 26.0 Å². The molecule has 0 radical (unpaired) electrons. The molecule has 0 aliphatic heterocycles. The largest absolute Gasteiger partial charge is 0.480 e. The summed E-state index contributed by atoms with van der Waals surface area (Å²) in [4.78, 5) is 22.1. The van der Waals surface area contributed by atoms with Crippen LogP contribution in [0, 0.1) is 0 Å². The number of ether oxygens (including phenoxy) is 1. The molecule has 1 amide bonds. The van der Waals surface area contributed by atoms with E-state index in [2.05, 4.69) is 5.32 Å². The summed E-state index contributed by atoms with van der Waals surface area (Å²) in [5.74, 6) is -1.34. The zero-order valence-electron chi connectivity index (χ0n) is 11.0. The summed E-state index contributed by atoms with van der Waals surface area (Å²) in [6.07, 6.45) is -2.16. The molecule has 0 fully saturated rings. The fraction of sp³-hybridized carbons (Fsp3) is 0.385. The molecule has 0 heterocycles. The van der Waals surface area contributed by atoms with Crippen molar-refractivity contribution in [3.8, 4) is 0 Å². The van der Waals surface area contributed by atoms with Gasteiger partial charge in [-0.1, -0.05) is 30.3 Å². The van der Waals surface area contributed by atoms with Crippen LogP contribution in [0.15, 0.2) is 30.3 Å². The van der Waals surface area contributed by atoms with Crippen molar-refractivity contribution in [2.24, 2.45) is 5.73 Å². The molecular weight excluding hydrogens is 264 g/mol. The van der Waals surface area contributed by atoms with Crippen molar-refractivity contribution in [1.29, 1.82) is 0 Å². The van der Waals surface area contributed by atoms with Gasteiger partial charge in [-0.25, -0.2) is 4.79 Å². The molecule has 0 aliphatic rings. The van der Waals surface area contributed by atoms with Gasteiger partial charge in [-0.05, 0) is 12.5 Å². The van der Waals surface area contributed by atoms with E-state index in [4.69, 9.17) is 15.6 Å². The average Bonchev–Trinajstić information content (AvgIpc) is 2.44. The number of carboxylic acids is 1. The van der Waals surface area contributed by atoms with Crippen molar-refractivity contribution in [3.63, 3.8) is 0 Å². The molecule has 1 rings (SSSR count). The number of aliphatic hydroxyl groups is 1. The lowest BCUT2D eigenvalue weighted by Crippen LogP contribution is -2.53. The first-order valence-electron chi connectivity index (χ1n) is 6.05. The molecule has 7 nitrogen and oxygen atoms in total. The molecule has 3 atom stereocenters. The molecule has 0 unspecified atom stereocenters. The van der Waals surface area contributed by atoms with Crippen LogP contribution in [0.5, 0.6) is 0 Å². The average molecular weight is 282 g/mol. The molecule has 0 saturated carbocycles. The fourth-order valence-corrected chi connectivity index (χ4v) is 1.49. The van der Waals surface area contributed by atoms with E-state index < -0.39 is 30.3 Å². The van der Waals surface area contributed by atoms with Crippen LogP contribution < -0.4 is 11.1 Å². The lowest BCUT2D eigenvalue weighted by molar-refractivity contribution is -0.141. The number of carbonyl (C=O) groups excluding carboxylic acids is 1. The monoisotopic (exact) mass is 282 g/mol. The number of carboxylic acid groups (broad SMARTS) is 1. The number of aliphatic carboxylic acids is 1. The minimum atomic E-state index is -1.47. The van der Waals surface area contributed by atoms with Crippen LogP contribution in [0.4, 0.5) is 4.79 Å². The number of amides is 1. The third kappa shape index (κ3) is 4.87. The first-order chi connectivity index (χ1) is 9.41. The Labute approximate surface area is 116 Å². The summed E-state index contributed by atoms with van der Waals surface area (Å²) in [5.41, 5.74) is 6.08. The van der Waals surface area contributed by atoms with Gasteiger partial charge in [0.25, 0.3) is 0 Å². The number of nitrogens with one attached hydrogen (secondary N) is 1. The van der Waals surface area contributed by atoms with E-state index in [-0.39, 0.29) is 6.61 Å². The highest BCUT2D eigenvalue weighted by atomic mass is 16.5. The van der Waals surface area contributed by atoms with Gasteiger partial charge in [-0.3, -0.25) is 4.79 Å². The lowest BCUT2D eigenvalue weighted by Gasteiger charge is -2.22. The van der Waals surface area contributed by atoms with Gasteiger partial charge in [0.15, 0.2) is 0 Å². The highest BCUT2D eigenvalue weighted by Crippen LogP contribution is 2.02. The van der Waals surface area contributed by atoms with Crippen LogP contribution in [-0.4, -0.2) is 40.5 Å².